The van der Waals surface area contributed by atoms with Crippen LogP contribution < -0.4 is 10.2 Å². The number of aromatic hydroxyl groups is 2. The Balaban J connectivity index is 2.35. The SMILES string of the molecule is COc1cc(-c2oc3c(Br)cc(Br)cc3c(=O)c2O)ccc1O. The number of hydrogen-bond acceptors (Lipinski definition) is 5. The van der Waals surface area contributed by atoms with Gasteiger partial charge >= 0.3 is 0 Å². The van der Waals surface area contributed by atoms with Crippen molar-refractivity contribution in [2.75, 3.05) is 7.11 Å². The zero-order valence-corrected chi connectivity index (χ0v) is 14.9. The Morgan fingerprint density at radius 1 is 1.13 bits per heavy atom. The Bertz CT molecular complexity index is 978. The molecule has 0 spiro atoms. The van der Waals surface area contributed by atoms with Crippen LogP contribution in [0.2, 0.25) is 0 Å². The fourth-order valence-electron chi connectivity index (χ4n) is 2.23. The predicted molar refractivity (Wildman–Crippen MR) is 93.2 cm³/mol. The van der Waals surface area contributed by atoms with Crippen LogP contribution in [0.15, 0.2) is 48.5 Å². The Morgan fingerprint density at radius 2 is 1.87 bits per heavy atom. The van der Waals surface area contributed by atoms with Crippen LogP contribution in [0, 0.1) is 0 Å². The van der Waals surface area contributed by atoms with Gasteiger partial charge in [-0.1, -0.05) is 15.9 Å². The van der Waals surface area contributed by atoms with E-state index < -0.39 is 11.2 Å². The molecular weight excluding hydrogens is 432 g/mol. The van der Waals surface area contributed by atoms with E-state index in [-0.39, 0.29) is 22.6 Å². The molecule has 3 rings (SSSR count). The number of fused-ring (bicyclic) bond motifs is 1. The highest BCUT2D eigenvalue weighted by atomic mass is 79.9. The van der Waals surface area contributed by atoms with Crippen LogP contribution in [-0.4, -0.2) is 17.3 Å². The van der Waals surface area contributed by atoms with E-state index in [4.69, 9.17) is 9.15 Å². The maximum absolute atomic E-state index is 12.4. The van der Waals surface area contributed by atoms with Gasteiger partial charge < -0.3 is 19.4 Å². The molecule has 3 aromatic rings. The summed E-state index contributed by atoms with van der Waals surface area (Å²) in [5.74, 6) is -0.345. The van der Waals surface area contributed by atoms with Gasteiger partial charge in [0.25, 0.3) is 0 Å². The molecule has 0 aliphatic heterocycles. The van der Waals surface area contributed by atoms with E-state index in [1.807, 2.05) is 0 Å². The van der Waals surface area contributed by atoms with Crippen LogP contribution in [0.1, 0.15) is 0 Å². The number of rotatable bonds is 2. The molecule has 0 amide bonds. The Hall–Kier alpha value is -1.99. The first-order valence-corrected chi connectivity index (χ1v) is 8.03. The molecule has 0 unspecified atom stereocenters. The summed E-state index contributed by atoms with van der Waals surface area (Å²) in [6.45, 7) is 0. The average molecular weight is 442 g/mol. The standard InChI is InChI=1S/C16H10Br2O5/c1-22-12-4-7(2-3-11(12)19)15-14(21)13(20)9-5-8(17)6-10(18)16(9)23-15/h2-6,19,21H,1H3. The van der Waals surface area contributed by atoms with E-state index in [9.17, 15) is 15.0 Å². The molecule has 7 heteroatoms. The maximum Gasteiger partial charge on any atom is 0.235 e. The second-order valence-corrected chi connectivity index (χ2v) is 6.53. The molecule has 5 nitrogen and oxygen atoms in total. The van der Waals surface area contributed by atoms with Crippen molar-refractivity contribution in [1.82, 2.24) is 0 Å². The predicted octanol–water partition coefficient (Wildman–Crippen LogP) is 4.40. The molecule has 0 saturated carbocycles. The third-order valence-electron chi connectivity index (χ3n) is 3.33. The Morgan fingerprint density at radius 3 is 2.57 bits per heavy atom. The third-order valence-corrected chi connectivity index (χ3v) is 4.38. The molecule has 0 saturated heterocycles. The van der Waals surface area contributed by atoms with Crippen LogP contribution in [0.4, 0.5) is 0 Å². The van der Waals surface area contributed by atoms with Gasteiger partial charge in [0.2, 0.25) is 11.2 Å². The van der Waals surface area contributed by atoms with Crippen molar-refractivity contribution >= 4 is 42.8 Å². The van der Waals surface area contributed by atoms with Gasteiger partial charge in [-0.05, 0) is 46.3 Å². The monoisotopic (exact) mass is 440 g/mol. The number of phenolic OH excluding ortho intramolecular Hbond substituents is 1. The van der Waals surface area contributed by atoms with Crippen molar-refractivity contribution in [2.45, 2.75) is 0 Å². The molecule has 0 fully saturated rings. The minimum absolute atomic E-state index is 0.00354. The Kier molecular flexibility index (Phi) is 4.08. The molecule has 1 aromatic heterocycles. The summed E-state index contributed by atoms with van der Waals surface area (Å²) in [6.07, 6.45) is 0. The maximum atomic E-state index is 12.4. The Labute approximate surface area is 147 Å². The molecular formula is C16H10Br2O5. The fourth-order valence-corrected chi connectivity index (χ4v) is 3.53. The van der Waals surface area contributed by atoms with Crippen LogP contribution in [0.5, 0.6) is 17.2 Å². The van der Waals surface area contributed by atoms with Crippen LogP contribution in [-0.2, 0) is 0 Å². The molecule has 0 aliphatic carbocycles. The first kappa shape index (κ1) is 15.9. The summed E-state index contributed by atoms with van der Waals surface area (Å²) in [7, 11) is 1.41. The molecule has 2 N–H and O–H groups in total. The lowest BCUT2D eigenvalue weighted by molar-refractivity contribution is 0.373. The summed E-state index contributed by atoms with van der Waals surface area (Å²) in [6, 6.07) is 7.71. The lowest BCUT2D eigenvalue weighted by Gasteiger charge is -2.09. The first-order valence-electron chi connectivity index (χ1n) is 6.44. The van der Waals surface area contributed by atoms with Crippen molar-refractivity contribution in [3.05, 3.63) is 49.5 Å². The molecule has 1 heterocycles. The number of halogens is 2. The molecule has 0 aliphatic rings. The summed E-state index contributed by atoms with van der Waals surface area (Å²) in [5, 5.41) is 20.1. The highest BCUT2D eigenvalue weighted by molar-refractivity contribution is 9.11. The van der Waals surface area contributed by atoms with Crippen molar-refractivity contribution < 1.29 is 19.4 Å². The normalized spacial score (nSPS) is 10.9. The minimum atomic E-state index is -0.546. The van der Waals surface area contributed by atoms with Crippen LogP contribution >= 0.6 is 31.9 Å². The zero-order chi connectivity index (χ0) is 16.7. The quantitative estimate of drug-likeness (QED) is 0.615. The lowest BCUT2D eigenvalue weighted by Crippen LogP contribution is -2.03. The highest BCUT2D eigenvalue weighted by Crippen LogP contribution is 2.37. The van der Waals surface area contributed by atoms with Gasteiger partial charge in [-0.15, -0.1) is 0 Å². The van der Waals surface area contributed by atoms with E-state index in [0.717, 1.165) is 0 Å². The lowest BCUT2D eigenvalue weighted by atomic mass is 10.1. The number of phenols is 1. The summed E-state index contributed by atoms with van der Waals surface area (Å²) < 4.78 is 12.0. The highest BCUT2D eigenvalue weighted by Gasteiger charge is 2.18. The van der Waals surface area contributed by atoms with Gasteiger partial charge in [0, 0.05) is 10.0 Å². The van der Waals surface area contributed by atoms with E-state index >= 15 is 0 Å². The van der Waals surface area contributed by atoms with Crippen molar-refractivity contribution in [3.63, 3.8) is 0 Å². The smallest absolute Gasteiger partial charge is 0.235 e. The number of methoxy groups -OCH3 is 1. The molecule has 118 valence electrons. The van der Waals surface area contributed by atoms with Gasteiger partial charge in [0.15, 0.2) is 22.8 Å². The van der Waals surface area contributed by atoms with Gasteiger partial charge in [0.05, 0.1) is 17.0 Å². The van der Waals surface area contributed by atoms with E-state index in [1.54, 1.807) is 12.1 Å². The summed E-state index contributed by atoms with van der Waals surface area (Å²) >= 11 is 6.64. The van der Waals surface area contributed by atoms with Crippen LogP contribution in [0.25, 0.3) is 22.3 Å². The van der Waals surface area contributed by atoms with Gasteiger partial charge in [-0.3, -0.25) is 4.79 Å². The number of ether oxygens (including phenoxy) is 1. The van der Waals surface area contributed by atoms with Crippen molar-refractivity contribution in [1.29, 1.82) is 0 Å². The first-order chi connectivity index (χ1) is 10.9. The second kappa shape index (κ2) is 5.90. The number of benzene rings is 2. The topological polar surface area (TPSA) is 79.9 Å². The summed E-state index contributed by atoms with van der Waals surface area (Å²) in [4.78, 5) is 12.4. The molecule has 23 heavy (non-hydrogen) atoms. The van der Waals surface area contributed by atoms with E-state index in [1.165, 1.54) is 25.3 Å². The average Bonchev–Trinajstić information content (AvgIpc) is 2.52. The second-order valence-electron chi connectivity index (χ2n) is 4.76. The van der Waals surface area contributed by atoms with Crippen molar-refractivity contribution in [3.8, 4) is 28.6 Å². The zero-order valence-electron chi connectivity index (χ0n) is 11.8. The molecule has 2 aromatic carbocycles. The van der Waals surface area contributed by atoms with Gasteiger partial charge in [-0.25, -0.2) is 0 Å². The number of hydrogen-bond donors (Lipinski definition) is 2. The van der Waals surface area contributed by atoms with Crippen molar-refractivity contribution in [2.24, 2.45) is 0 Å². The van der Waals surface area contributed by atoms with E-state index in [0.29, 0.717) is 20.1 Å². The molecule has 0 atom stereocenters. The van der Waals surface area contributed by atoms with Gasteiger partial charge in [-0.2, -0.15) is 0 Å². The fraction of sp³-hybridized carbons (Fsp3) is 0.0625. The molecule has 0 bridgehead atoms. The van der Waals surface area contributed by atoms with Gasteiger partial charge in [0.1, 0.15) is 0 Å². The summed E-state index contributed by atoms with van der Waals surface area (Å²) in [5.41, 5.74) is 0.180. The van der Waals surface area contributed by atoms with Crippen LogP contribution in [0.3, 0.4) is 0 Å². The third kappa shape index (κ3) is 2.70. The van der Waals surface area contributed by atoms with E-state index in [2.05, 4.69) is 31.9 Å². The minimum Gasteiger partial charge on any atom is -0.504 e. The molecule has 0 radical (unpaired) electrons. The largest absolute Gasteiger partial charge is 0.504 e.